The third-order valence-corrected chi connectivity index (χ3v) is 3.45. The second-order valence-corrected chi connectivity index (χ2v) is 4.86. The Kier molecular flexibility index (Phi) is 4.91. The first kappa shape index (κ1) is 15.4. The van der Waals surface area contributed by atoms with E-state index in [4.69, 9.17) is 4.74 Å². The van der Waals surface area contributed by atoms with Gasteiger partial charge in [0.25, 0.3) is 0 Å². The summed E-state index contributed by atoms with van der Waals surface area (Å²) in [5.74, 6) is -0.869. The maximum Gasteiger partial charge on any atom is 0.163 e. The molecule has 0 aliphatic heterocycles. The number of nitrogens with one attached hydrogen (secondary N) is 1. The van der Waals surface area contributed by atoms with E-state index in [9.17, 15) is 8.78 Å². The zero-order valence-electron chi connectivity index (χ0n) is 12.4. The number of hydrogen-bond acceptors (Lipinski definition) is 2. The van der Waals surface area contributed by atoms with E-state index >= 15 is 0 Å². The number of rotatable bonds is 5. The van der Waals surface area contributed by atoms with Crippen LogP contribution in [0, 0.1) is 18.6 Å². The highest BCUT2D eigenvalue weighted by molar-refractivity contribution is 5.41. The molecule has 0 radical (unpaired) electrons. The molecule has 0 aromatic heterocycles. The first-order chi connectivity index (χ1) is 10.1. The predicted octanol–water partition coefficient (Wildman–Crippen LogP) is 3.98. The van der Waals surface area contributed by atoms with E-state index in [2.05, 4.69) is 5.32 Å². The average Bonchev–Trinajstić information content (AvgIpc) is 2.48. The van der Waals surface area contributed by atoms with E-state index in [1.54, 1.807) is 13.2 Å². The maximum atomic E-state index is 14.1. The number of methoxy groups -OCH3 is 1. The van der Waals surface area contributed by atoms with Crippen LogP contribution >= 0.6 is 0 Å². The molecule has 2 rings (SSSR count). The summed E-state index contributed by atoms with van der Waals surface area (Å²) >= 11 is 0. The summed E-state index contributed by atoms with van der Waals surface area (Å²) in [7, 11) is 1.61. The Balaban J connectivity index is 2.48. The van der Waals surface area contributed by atoms with Crippen LogP contribution in [0.3, 0.4) is 0 Å². The van der Waals surface area contributed by atoms with Crippen LogP contribution in [0.1, 0.15) is 29.7 Å². The van der Waals surface area contributed by atoms with Crippen molar-refractivity contribution in [3.8, 4) is 5.75 Å². The lowest BCUT2D eigenvalue weighted by atomic mass is 9.96. The molecule has 1 unspecified atom stereocenters. The Morgan fingerprint density at radius 1 is 1.19 bits per heavy atom. The molecular formula is C17H19F2NO. The molecule has 1 N–H and O–H groups in total. The topological polar surface area (TPSA) is 21.3 Å². The van der Waals surface area contributed by atoms with E-state index in [1.807, 2.05) is 32.0 Å². The molecule has 1 atom stereocenters. The van der Waals surface area contributed by atoms with Crippen LogP contribution in [0.25, 0.3) is 0 Å². The number of aryl methyl sites for hydroxylation is 1. The zero-order chi connectivity index (χ0) is 15.4. The lowest BCUT2D eigenvalue weighted by Gasteiger charge is -2.21. The molecule has 0 spiro atoms. The summed E-state index contributed by atoms with van der Waals surface area (Å²) in [6, 6.07) is 9.49. The van der Waals surface area contributed by atoms with Crippen LogP contribution in [0.15, 0.2) is 36.4 Å². The van der Waals surface area contributed by atoms with Crippen molar-refractivity contribution >= 4 is 0 Å². The minimum absolute atomic E-state index is 0.307. The molecule has 2 aromatic carbocycles. The standard InChI is InChI=1S/C17H19F2NO/c1-4-20-17(13-6-5-7-14(18)16(13)19)12-8-9-15(21-3)11(2)10-12/h5-10,17,20H,4H2,1-3H3. The quantitative estimate of drug-likeness (QED) is 0.899. The van der Waals surface area contributed by atoms with Crippen LogP contribution in [0.4, 0.5) is 8.78 Å². The fraction of sp³-hybridized carbons (Fsp3) is 0.294. The van der Waals surface area contributed by atoms with E-state index in [0.717, 1.165) is 22.9 Å². The Labute approximate surface area is 123 Å². The average molecular weight is 291 g/mol. The number of ether oxygens (including phenoxy) is 1. The van der Waals surface area contributed by atoms with Gasteiger partial charge in [0, 0.05) is 5.56 Å². The highest BCUT2D eigenvalue weighted by Crippen LogP contribution is 2.29. The van der Waals surface area contributed by atoms with Crippen molar-refractivity contribution in [1.29, 1.82) is 0 Å². The van der Waals surface area contributed by atoms with Gasteiger partial charge in [-0.3, -0.25) is 0 Å². The first-order valence-electron chi connectivity index (χ1n) is 6.90. The molecule has 0 bridgehead atoms. The minimum atomic E-state index is -0.833. The Morgan fingerprint density at radius 2 is 1.95 bits per heavy atom. The lowest BCUT2D eigenvalue weighted by Crippen LogP contribution is -2.23. The van der Waals surface area contributed by atoms with Gasteiger partial charge in [-0.15, -0.1) is 0 Å². The van der Waals surface area contributed by atoms with Gasteiger partial charge in [0.15, 0.2) is 11.6 Å². The minimum Gasteiger partial charge on any atom is -0.496 e. The summed E-state index contributed by atoms with van der Waals surface area (Å²) in [6.45, 7) is 4.50. The van der Waals surface area contributed by atoms with Gasteiger partial charge in [-0.05, 0) is 36.7 Å². The van der Waals surface area contributed by atoms with Crippen molar-refractivity contribution in [2.75, 3.05) is 13.7 Å². The molecule has 0 saturated heterocycles. The predicted molar refractivity (Wildman–Crippen MR) is 79.6 cm³/mol. The summed E-state index contributed by atoms with van der Waals surface area (Å²) in [5.41, 5.74) is 2.13. The highest BCUT2D eigenvalue weighted by atomic mass is 19.2. The van der Waals surface area contributed by atoms with Crippen LogP contribution < -0.4 is 10.1 Å². The van der Waals surface area contributed by atoms with Crippen molar-refractivity contribution in [1.82, 2.24) is 5.32 Å². The Bertz CT molecular complexity index is 628. The molecule has 2 aromatic rings. The Hall–Kier alpha value is -1.94. The molecule has 0 aliphatic rings. The van der Waals surface area contributed by atoms with Crippen molar-refractivity contribution in [2.24, 2.45) is 0 Å². The van der Waals surface area contributed by atoms with Crippen LogP contribution in [0.5, 0.6) is 5.75 Å². The monoisotopic (exact) mass is 291 g/mol. The van der Waals surface area contributed by atoms with Crippen molar-refractivity contribution in [3.05, 3.63) is 64.7 Å². The van der Waals surface area contributed by atoms with Crippen molar-refractivity contribution in [2.45, 2.75) is 19.9 Å². The number of halogens is 2. The molecule has 4 heteroatoms. The zero-order valence-corrected chi connectivity index (χ0v) is 12.4. The molecular weight excluding hydrogens is 272 g/mol. The first-order valence-corrected chi connectivity index (χ1v) is 6.90. The maximum absolute atomic E-state index is 14.1. The van der Waals surface area contributed by atoms with Gasteiger partial charge < -0.3 is 10.1 Å². The number of benzene rings is 2. The van der Waals surface area contributed by atoms with Crippen LogP contribution in [-0.4, -0.2) is 13.7 Å². The Morgan fingerprint density at radius 3 is 2.57 bits per heavy atom. The molecule has 112 valence electrons. The van der Waals surface area contributed by atoms with Gasteiger partial charge in [-0.25, -0.2) is 8.78 Å². The van der Waals surface area contributed by atoms with E-state index < -0.39 is 17.7 Å². The second kappa shape index (κ2) is 6.68. The normalized spacial score (nSPS) is 12.2. The van der Waals surface area contributed by atoms with Crippen LogP contribution in [0.2, 0.25) is 0 Å². The van der Waals surface area contributed by atoms with Gasteiger partial charge in [0.2, 0.25) is 0 Å². The smallest absolute Gasteiger partial charge is 0.163 e. The van der Waals surface area contributed by atoms with E-state index in [-0.39, 0.29) is 0 Å². The number of hydrogen-bond donors (Lipinski definition) is 1. The molecule has 0 amide bonds. The van der Waals surface area contributed by atoms with E-state index in [1.165, 1.54) is 6.07 Å². The van der Waals surface area contributed by atoms with Gasteiger partial charge in [0.1, 0.15) is 5.75 Å². The molecule has 0 heterocycles. The lowest BCUT2D eigenvalue weighted by molar-refractivity contribution is 0.411. The SMILES string of the molecule is CCNC(c1ccc(OC)c(C)c1)c1cccc(F)c1F. The molecule has 0 fully saturated rings. The fourth-order valence-corrected chi connectivity index (χ4v) is 2.44. The summed E-state index contributed by atoms with van der Waals surface area (Å²) in [6.07, 6.45) is 0. The molecule has 0 aliphatic carbocycles. The van der Waals surface area contributed by atoms with Gasteiger partial charge in [0.05, 0.1) is 13.2 Å². The van der Waals surface area contributed by atoms with Gasteiger partial charge >= 0.3 is 0 Å². The summed E-state index contributed by atoms with van der Waals surface area (Å²) in [5, 5.41) is 3.20. The largest absolute Gasteiger partial charge is 0.496 e. The highest BCUT2D eigenvalue weighted by Gasteiger charge is 2.19. The summed E-state index contributed by atoms with van der Waals surface area (Å²) < 4.78 is 32.8. The second-order valence-electron chi connectivity index (χ2n) is 4.86. The fourth-order valence-electron chi connectivity index (χ4n) is 2.44. The van der Waals surface area contributed by atoms with Gasteiger partial charge in [-0.2, -0.15) is 0 Å². The van der Waals surface area contributed by atoms with E-state index in [0.29, 0.717) is 12.1 Å². The third kappa shape index (κ3) is 3.22. The molecule has 2 nitrogen and oxygen atoms in total. The van der Waals surface area contributed by atoms with Crippen LogP contribution in [-0.2, 0) is 0 Å². The molecule has 0 saturated carbocycles. The van der Waals surface area contributed by atoms with Gasteiger partial charge in [-0.1, -0.05) is 31.2 Å². The van der Waals surface area contributed by atoms with Crippen molar-refractivity contribution in [3.63, 3.8) is 0 Å². The third-order valence-electron chi connectivity index (χ3n) is 3.45. The molecule has 21 heavy (non-hydrogen) atoms. The van der Waals surface area contributed by atoms with Crippen molar-refractivity contribution < 1.29 is 13.5 Å². The summed E-state index contributed by atoms with van der Waals surface area (Å²) in [4.78, 5) is 0.